The second-order valence-corrected chi connectivity index (χ2v) is 8.17. The first kappa shape index (κ1) is 27.1. The van der Waals surface area contributed by atoms with Crippen molar-refractivity contribution in [2.45, 2.75) is 81.5 Å². The van der Waals surface area contributed by atoms with Gasteiger partial charge in [0.25, 0.3) is 0 Å². The number of aliphatic hydroxyl groups is 8. The minimum Gasteiger partial charge on any atom is -0.506 e. The van der Waals surface area contributed by atoms with Crippen molar-refractivity contribution in [3.63, 3.8) is 0 Å². The van der Waals surface area contributed by atoms with Crippen LogP contribution in [0.25, 0.3) is 0 Å². The second-order valence-electron chi connectivity index (χ2n) is 8.17. The molecule has 0 amide bonds. The van der Waals surface area contributed by atoms with Crippen LogP contribution >= 0.6 is 0 Å². The molecule has 14 heteroatoms. The Bertz CT molecular complexity index is 809. The quantitative estimate of drug-likeness (QED) is 0.167. The highest BCUT2D eigenvalue weighted by Gasteiger charge is 2.50. The Morgan fingerprint density at radius 2 is 1.47 bits per heavy atom. The van der Waals surface area contributed by atoms with Crippen LogP contribution in [-0.2, 0) is 32.2 Å². The van der Waals surface area contributed by atoms with E-state index in [9.17, 15) is 46.0 Å². The molecule has 2 fully saturated rings. The normalized spacial score (nSPS) is 38.7. The highest BCUT2D eigenvalue weighted by atomic mass is 16.7. The van der Waals surface area contributed by atoms with Crippen molar-refractivity contribution in [3.8, 4) is 5.75 Å². The fourth-order valence-corrected chi connectivity index (χ4v) is 3.85. The van der Waals surface area contributed by atoms with Gasteiger partial charge in [-0.15, -0.1) is 0 Å². The minimum absolute atomic E-state index is 0.167. The first-order valence-electron chi connectivity index (χ1n) is 10.6. The third kappa shape index (κ3) is 5.33. The number of pyridine rings is 1. The van der Waals surface area contributed by atoms with Gasteiger partial charge in [-0.05, 0) is 6.92 Å². The Balaban J connectivity index is 1.69. The Morgan fingerprint density at radius 3 is 2.09 bits per heavy atom. The van der Waals surface area contributed by atoms with E-state index in [4.69, 9.17) is 18.9 Å². The molecule has 1 aromatic heterocycles. The summed E-state index contributed by atoms with van der Waals surface area (Å²) < 4.78 is 21.7. The maximum Gasteiger partial charge on any atom is 0.187 e. The maximum absolute atomic E-state index is 10.6. The molecule has 2 aliphatic rings. The van der Waals surface area contributed by atoms with Crippen LogP contribution in [0.3, 0.4) is 0 Å². The van der Waals surface area contributed by atoms with Crippen LogP contribution < -0.4 is 0 Å². The van der Waals surface area contributed by atoms with Crippen molar-refractivity contribution in [1.29, 1.82) is 0 Å². The number of nitrogens with zero attached hydrogens (tertiary/aromatic N) is 1. The number of aromatic nitrogens is 1. The van der Waals surface area contributed by atoms with E-state index >= 15 is 0 Å². The summed E-state index contributed by atoms with van der Waals surface area (Å²) in [5.41, 5.74) is 0.766. The van der Waals surface area contributed by atoms with Crippen molar-refractivity contribution < 1.29 is 64.9 Å². The average Bonchev–Trinajstić information content (AvgIpc) is 2.83. The fraction of sp³-hybridized carbons (Fsp3) is 0.750. The van der Waals surface area contributed by atoms with Crippen LogP contribution in [0.1, 0.15) is 16.8 Å². The molecule has 14 nitrogen and oxygen atoms in total. The van der Waals surface area contributed by atoms with Crippen LogP contribution in [0.4, 0.5) is 0 Å². The van der Waals surface area contributed by atoms with E-state index in [0.717, 1.165) is 0 Å². The highest BCUT2D eigenvalue weighted by molar-refractivity contribution is 5.39. The van der Waals surface area contributed by atoms with Gasteiger partial charge in [0.05, 0.1) is 32.1 Å². The van der Waals surface area contributed by atoms with Gasteiger partial charge in [-0.3, -0.25) is 4.98 Å². The molecule has 3 heterocycles. The van der Waals surface area contributed by atoms with Gasteiger partial charge in [-0.1, -0.05) is 0 Å². The average molecular weight is 493 g/mol. The third-order valence-corrected chi connectivity index (χ3v) is 5.95. The summed E-state index contributed by atoms with van der Waals surface area (Å²) in [5.74, 6) is -0.213. The summed E-state index contributed by atoms with van der Waals surface area (Å²) >= 11 is 0. The molecule has 9 N–H and O–H groups in total. The van der Waals surface area contributed by atoms with Crippen molar-refractivity contribution in [1.82, 2.24) is 4.98 Å². The topological polar surface area (TPSA) is 232 Å². The summed E-state index contributed by atoms with van der Waals surface area (Å²) in [6.45, 7) is -0.637. The van der Waals surface area contributed by atoms with Crippen molar-refractivity contribution in [2.24, 2.45) is 0 Å². The molecule has 0 unspecified atom stereocenters. The molecule has 0 radical (unpaired) electrons. The predicted octanol–water partition coefficient (Wildman–Crippen LogP) is -4.27. The summed E-state index contributed by atoms with van der Waals surface area (Å²) in [5, 5.41) is 89.7. The van der Waals surface area contributed by atoms with Gasteiger partial charge < -0.3 is 64.9 Å². The third-order valence-electron chi connectivity index (χ3n) is 5.95. The molecule has 0 saturated carbocycles. The maximum atomic E-state index is 10.6. The lowest BCUT2D eigenvalue weighted by Crippen LogP contribution is -2.64. The summed E-state index contributed by atoms with van der Waals surface area (Å²) in [4.78, 5) is 3.98. The molecule has 34 heavy (non-hydrogen) atoms. The lowest BCUT2D eigenvalue weighted by molar-refractivity contribution is -0.360. The first-order valence-corrected chi connectivity index (χ1v) is 10.6. The Morgan fingerprint density at radius 1 is 0.853 bits per heavy atom. The van der Waals surface area contributed by atoms with E-state index in [1.807, 2.05) is 0 Å². The molecule has 10 atom stereocenters. The standard InChI is InChI=1S/C20H31NO13/c1-7-12(25)9(3-22)8(2-21-7)6-31-19-17(30)15(28)18(11(5-24)33-19)34-20-16(29)14(27)13(26)10(4-23)32-20/h2,10-11,13-20,22-30H,3-6H2,1H3/t10-,11-,13-,14+,15-,16-,17-,18-,19-,20+/m1/s1. The van der Waals surface area contributed by atoms with Gasteiger partial charge in [-0.25, -0.2) is 0 Å². The minimum atomic E-state index is -1.77. The molecule has 2 aliphatic heterocycles. The monoisotopic (exact) mass is 493 g/mol. The summed E-state index contributed by atoms with van der Waals surface area (Å²) in [6, 6.07) is 0. The van der Waals surface area contributed by atoms with Crippen LogP contribution in [0.2, 0.25) is 0 Å². The number of hydrogen-bond donors (Lipinski definition) is 9. The number of aryl methyl sites for hydroxylation is 1. The number of ether oxygens (including phenoxy) is 4. The van der Waals surface area contributed by atoms with Gasteiger partial charge in [-0.2, -0.15) is 0 Å². The van der Waals surface area contributed by atoms with Gasteiger partial charge in [0.1, 0.15) is 54.6 Å². The number of rotatable bonds is 8. The van der Waals surface area contributed by atoms with E-state index in [1.165, 1.54) is 6.20 Å². The van der Waals surface area contributed by atoms with E-state index in [1.54, 1.807) is 6.92 Å². The Labute approximate surface area is 194 Å². The van der Waals surface area contributed by atoms with Gasteiger partial charge >= 0.3 is 0 Å². The molecule has 0 spiro atoms. The smallest absolute Gasteiger partial charge is 0.187 e. The van der Waals surface area contributed by atoms with Crippen LogP contribution in [0.5, 0.6) is 5.75 Å². The molecule has 194 valence electrons. The molecular formula is C20H31NO13. The first-order chi connectivity index (χ1) is 16.1. The van der Waals surface area contributed by atoms with Gasteiger partial charge in [0.2, 0.25) is 0 Å². The van der Waals surface area contributed by atoms with Crippen LogP contribution in [0.15, 0.2) is 6.20 Å². The zero-order valence-corrected chi connectivity index (χ0v) is 18.3. The fourth-order valence-electron chi connectivity index (χ4n) is 3.85. The predicted molar refractivity (Wildman–Crippen MR) is 108 cm³/mol. The molecule has 0 aliphatic carbocycles. The second kappa shape index (κ2) is 11.5. The van der Waals surface area contributed by atoms with Crippen molar-refractivity contribution in [2.75, 3.05) is 13.2 Å². The van der Waals surface area contributed by atoms with E-state index < -0.39 is 81.2 Å². The number of hydrogen-bond acceptors (Lipinski definition) is 14. The summed E-state index contributed by atoms with van der Waals surface area (Å²) in [7, 11) is 0. The SMILES string of the molecule is Cc1ncc(CO[C@@H]2O[C@H](CO)[C@@H](O[C@@H]3O[C@H](CO)[C@@H](O)[C@H](O)[C@H]3O)[C@H](O)[C@H]2O)c(CO)c1O. The zero-order chi connectivity index (χ0) is 25.2. The molecular weight excluding hydrogens is 462 g/mol. The number of aromatic hydroxyl groups is 1. The van der Waals surface area contributed by atoms with Crippen molar-refractivity contribution in [3.05, 3.63) is 23.0 Å². The van der Waals surface area contributed by atoms with Crippen LogP contribution in [0, 0.1) is 6.92 Å². The Kier molecular flexibility index (Phi) is 9.13. The van der Waals surface area contributed by atoms with Gasteiger partial charge in [0.15, 0.2) is 12.6 Å². The van der Waals surface area contributed by atoms with Crippen molar-refractivity contribution >= 4 is 0 Å². The lowest BCUT2D eigenvalue weighted by atomic mass is 9.97. The van der Waals surface area contributed by atoms with E-state index in [2.05, 4.69) is 4.98 Å². The summed E-state index contributed by atoms with van der Waals surface area (Å²) in [6.07, 6.45) is -14.3. The van der Waals surface area contributed by atoms with E-state index in [-0.39, 0.29) is 17.9 Å². The molecule has 0 aromatic carbocycles. The zero-order valence-electron chi connectivity index (χ0n) is 18.3. The molecule has 2 saturated heterocycles. The molecule has 0 bridgehead atoms. The van der Waals surface area contributed by atoms with Gasteiger partial charge in [0, 0.05) is 17.3 Å². The lowest BCUT2D eigenvalue weighted by Gasteiger charge is -2.45. The highest BCUT2D eigenvalue weighted by Crippen LogP contribution is 2.30. The Hall–Kier alpha value is -1.53. The molecule has 1 aromatic rings. The number of aliphatic hydroxyl groups excluding tert-OH is 8. The molecule has 3 rings (SSSR count). The van der Waals surface area contributed by atoms with Crippen LogP contribution in [-0.4, -0.2) is 126 Å². The van der Waals surface area contributed by atoms with E-state index in [0.29, 0.717) is 11.3 Å². The largest absolute Gasteiger partial charge is 0.506 e.